The van der Waals surface area contributed by atoms with E-state index in [0.717, 1.165) is 0 Å². The molecule has 2 aromatic carbocycles. The lowest BCUT2D eigenvalue weighted by Gasteiger charge is -2.19. The molecule has 0 unspecified atom stereocenters. The van der Waals surface area contributed by atoms with Crippen molar-refractivity contribution in [1.82, 2.24) is 0 Å². The first kappa shape index (κ1) is 14.5. The highest BCUT2D eigenvalue weighted by Gasteiger charge is 2.12. The molecule has 0 bridgehead atoms. The largest absolute Gasteiger partial charge is 0.0746 e. The van der Waals surface area contributed by atoms with Crippen LogP contribution in [0.3, 0.4) is 0 Å². The van der Waals surface area contributed by atoms with Gasteiger partial charge in [0, 0.05) is 0 Å². The van der Waals surface area contributed by atoms with Crippen LogP contribution in [0.4, 0.5) is 0 Å². The van der Waals surface area contributed by atoms with Crippen LogP contribution in [0.5, 0.6) is 0 Å². The van der Waals surface area contributed by atoms with Gasteiger partial charge in [-0.25, -0.2) is 0 Å². The van der Waals surface area contributed by atoms with E-state index in [9.17, 15) is 0 Å². The molecule has 2 aromatic rings. The first-order valence-corrected chi connectivity index (χ1v) is 9.30. The van der Waals surface area contributed by atoms with Crippen LogP contribution in [0.25, 0.3) is 10.8 Å². The Morgan fingerprint density at radius 1 is 0.789 bits per heavy atom. The molecule has 0 N–H and O–H groups in total. The molecule has 102 valence electrons. The van der Waals surface area contributed by atoms with Gasteiger partial charge in [0.05, 0.1) is 0 Å². The lowest BCUT2D eigenvalue weighted by atomic mass is 10.1. The molecular weight excluding hydrogens is 247 g/mol. The maximum Gasteiger partial charge on any atom is -0.0107 e. The van der Waals surface area contributed by atoms with E-state index >= 15 is 0 Å². The van der Waals surface area contributed by atoms with Crippen LogP contribution in [0, 0.1) is 0 Å². The van der Waals surface area contributed by atoms with Crippen LogP contribution in [-0.4, -0.2) is 12.3 Å². The molecule has 0 fully saturated rings. The van der Waals surface area contributed by atoms with Crippen molar-refractivity contribution in [2.45, 2.75) is 39.5 Å². The lowest BCUT2D eigenvalue weighted by Crippen LogP contribution is -2.08. The van der Waals surface area contributed by atoms with Crippen LogP contribution in [0.2, 0.25) is 0 Å². The Labute approximate surface area is 119 Å². The normalized spacial score (nSPS) is 11.3. The van der Waals surface area contributed by atoms with E-state index in [2.05, 4.69) is 56.3 Å². The third kappa shape index (κ3) is 3.80. The van der Waals surface area contributed by atoms with Crippen LogP contribution in [0.1, 0.15) is 39.5 Å². The monoisotopic (exact) mass is 272 g/mol. The van der Waals surface area contributed by atoms with Crippen LogP contribution >= 0.6 is 7.92 Å². The van der Waals surface area contributed by atoms with Gasteiger partial charge in [-0.3, -0.25) is 0 Å². The molecule has 19 heavy (non-hydrogen) atoms. The molecular formula is C18H25P. The fraction of sp³-hybridized carbons (Fsp3) is 0.444. The van der Waals surface area contributed by atoms with Crippen LogP contribution in [-0.2, 0) is 0 Å². The maximum atomic E-state index is 2.37. The molecule has 0 nitrogen and oxygen atoms in total. The summed E-state index contributed by atoms with van der Waals surface area (Å²) >= 11 is 0. The average molecular weight is 272 g/mol. The second kappa shape index (κ2) is 7.65. The molecule has 0 spiro atoms. The summed E-state index contributed by atoms with van der Waals surface area (Å²) in [7, 11) is 0.0327. The minimum atomic E-state index is 0.0327. The minimum Gasteiger partial charge on any atom is -0.0746 e. The number of fused-ring (bicyclic) bond motifs is 1. The number of unbranched alkanes of at least 4 members (excludes halogenated alkanes) is 2. The van der Waals surface area contributed by atoms with Crippen molar-refractivity contribution in [3.63, 3.8) is 0 Å². The quantitative estimate of drug-likeness (QED) is 0.580. The number of hydrogen-bond acceptors (Lipinski definition) is 0. The molecule has 2 rings (SSSR count). The summed E-state index contributed by atoms with van der Waals surface area (Å²) in [6.07, 6.45) is 8.18. The molecule has 0 saturated heterocycles. The van der Waals surface area contributed by atoms with Gasteiger partial charge in [0.2, 0.25) is 0 Å². The fourth-order valence-corrected chi connectivity index (χ4v) is 5.48. The first-order valence-electron chi connectivity index (χ1n) is 7.59. The van der Waals surface area contributed by atoms with Crippen molar-refractivity contribution >= 4 is 24.0 Å². The van der Waals surface area contributed by atoms with Crippen molar-refractivity contribution in [2.75, 3.05) is 12.3 Å². The third-order valence-corrected chi connectivity index (χ3v) is 6.45. The second-order valence-corrected chi connectivity index (χ2v) is 7.65. The van der Waals surface area contributed by atoms with E-state index in [0.29, 0.717) is 0 Å². The van der Waals surface area contributed by atoms with E-state index in [1.165, 1.54) is 48.8 Å². The highest BCUT2D eigenvalue weighted by molar-refractivity contribution is 7.66. The van der Waals surface area contributed by atoms with E-state index in [1.54, 1.807) is 5.30 Å². The van der Waals surface area contributed by atoms with Gasteiger partial charge < -0.3 is 0 Å². The summed E-state index contributed by atoms with van der Waals surface area (Å²) < 4.78 is 0. The summed E-state index contributed by atoms with van der Waals surface area (Å²) in [6, 6.07) is 15.7. The fourth-order valence-electron chi connectivity index (χ4n) is 2.53. The standard InChI is InChI=1S/C18H25P/c1-3-5-14-19(15-6-4-2)18-13-9-11-16-10-7-8-12-17(16)18/h7-13H,3-6,14-15H2,1-2H3. The molecule has 1 heteroatoms. The summed E-state index contributed by atoms with van der Waals surface area (Å²) in [5, 5.41) is 4.53. The maximum absolute atomic E-state index is 2.37. The van der Waals surface area contributed by atoms with E-state index in [4.69, 9.17) is 0 Å². The highest BCUT2D eigenvalue weighted by Crippen LogP contribution is 2.39. The van der Waals surface area contributed by atoms with Crippen LogP contribution in [0.15, 0.2) is 42.5 Å². The zero-order chi connectivity index (χ0) is 13.5. The molecule has 0 saturated carbocycles. The predicted molar refractivity (Wildman–Crippen MR) is 90.1 cm³/mol. The zero-order valence-electron chi connectivity index (χ0n) is 12.2. The molecule has 0 atom stereocenters. The number of hydrogen-bond donors (Lipinski definition) is 0. The molecule has 0 heterocycles. The lowest BCUT2D eigenvalue weighted by molar-refractivity contribution is 0.871. The summed E-state index contributed by atoms with van der Waals surface area (Å²) in [4.78, 5) is 0. The molecule has 0 aliphatic rings. The number of benzene rings is 2. The third-order valence-electron chi connectivity index (χ3n) is 3.67. The smallest absolute Gasteiger partial charge is 0.0107 e. The van der Waals surface area contributed by atoms with Gasteiger partial charge in [0.25, 0.3) is 0 Å². The van der Waals surface area contributed by atoms with Gasteiger partial charge >= 0.3 is 0 Å². The highest BCUT2D eigenvalue weighted by atomic mass is 31.1. The van der Waals surface area contributed by atoms with Crippen molar-refractivity contribution in [1.29, 1.82) is 0 Å². The van der Waals surface area contributed by atoms with Gasteiger partial charge in [-0.1, -0.05) is 77.1 Å². The van der Waals surface area contributed by atoms with E-state index in [1.807, 2.05) is 0 Å². The van der Waals surface area contributed by atoms with Gasteiger partial charge in [0.1, 0.15) is 0 Å². The van der Waals surface area contributed by atoms with Gasteiger partial charge in [-0.05, 0) is 41.2 Å². The Balaban J connectivity index is 2.31. The Kier molecular flexibility index (Phi) is 5.86. The van der Waals surface area contributed by atoms with Crippen molar-refractivity contribution < 1.29 is 0 Å². The molecule has 0 aliphatic heterocycles. The Hall–Kier alpha value is -0.870. The zero-order valence-corrected chi connectivity index (χ0v) is 13.1. The predicted octanol–water partition coefficient (Wildman–Crippen LogP) is 5.55. The van der Waals surface area contributed by atoms with Gasteiger partial charge in [-0.2, -0.15) is 0 Å². The van der Waals surface area contributed by atoms with Gasteiger partial charge in [0.15, 0.2) is 0 Å². The molecule has 0 radical (unpaired) electrons. The van der Waals surface area contributed by atoms with Crippen LogP contribution < -0.4 is 5.30 Å². The van der Waals surface area contributed by atoms with E-state index in [-0.39, 0.29) is 7.92 Å². The Morgan fingerprint density at radius 3 is 2.11 bits per heavy atom. The molecule has 0 aromatic heterocycles. The minimum absolute atomic E-state index is 0.0327. The SMILES string of the molecule is CCCCP(CCCC)c1cccc2ccccc12. The van der Waals surface area contributed by atoms with Crippen molar-refractivity contribution in [3.8, 4) is 0 Å². The Morgan fingerprint density at radius 2 is 1.42 bits per heavy atom. The molecule has 0 amide bonds. The summed E-state index contributed by atoms with van der Waals surface area (Å²) in [5.41, 5.74) is 0. The topological polar surface area (TPSA) is 0 Å². The average Bonchev–Trinajstić information content (AvgIpc) is 2.47. The summed E-state index contributed by atoms with van der Waals surface area (Å²) in [5.74, 6) is 0. The second-order valence-electron chi connectivity index (χ2n) is 5.19. The van der Waals surface area contributed by atoms with Crippen molar-refractivity contribution in [2.24, 2.45) is 0 Å². The Bertz CT molecular complexity index is 491. The first-order chi connectivity index (χ1) is 9.36. The van der Waals surface area contributed by atoms with E-state index < -0.39 is 0 Å². The molecule has 0 aliphatic carbocycles. The van der Waals surface area contributed by atoms with Gasteiger partial charge in [-0.15, -0.1) is 0 Å². The number of rotatable bonds is 7. The summed E-state index contributed by atoms with van der Waals surface area (Å²) in [6.45, 7) is 4.60. The van der Waals surface area contributed by atoms with Crippen molar-refractivity contribution in [3.05, 3.63) is 42.5 Å².